The summed E-state index contributed by atoms with van der Waals surface area (Å²) in [5, 5.41) is 5.04. The quantitative estimate of drug-likeness (QED) is 0.664. The lowest BCUT2D eigenvalue weighted by molar-refractivity contribution is 0.634. The molecule has 0 saturated carbocycles. The molecular weight excluding hydrogens is 170 g/mol. The van der Waals surface area contributed by atoms with Gasteiger partial charge in [-0.1, -0.05) is 43.1 Å². The largest absolute Gasteiger partial charge is 0.656 e. The van der Waals surface area contributed by atoms with Gasteiger partial charge in [0, 0.05) is 5.02 Å². The van der Waals surface area contributed by atoms with Crippen molar-refractivity contribution in [3.05, 3.63) is 40.2 Å². The van der Waals surface area contributed by atoms with Gasteiger partial charge in [-0.05, 0) is 12.1 Å². The number of rotatable bonds is 2. The number of halogens is 1. The first-order valence-electron chi connectivity index (χ1n) is 3.93. The van der Waals surface area contributed by atoms with Crippen molar-refractivity contribution in [2.24, 2.45) is 0 Å². The Hall–Kier alpha value is -0.530. The average Bonchev–Trinajstić information content (AvgIpc) is 2.05. The van der Waals surface area contributed by atoms with E-state index in [9.17, 15) is 0 Å². The minimum atomic E-state index is -0.134. The second-order valence-corrected chi connectivity index (χ2v) is 3.73. The van der Waals surface area contributed by atoms with E-state index in [2.05, 4.69) is 19.2 Å². The van der Waals surface area contributed by atoms with E-state index >= 15 is 0 Å². The molecule has 0 aliphatic carbocycles. The molecule has 0 aliphatic heterocycles. The Morgan fingerprint density at radius 1 is 1.33 bits per heavy atom. The van der Waals surface area contributed by atoms with E-state index in [1.165, 1.54) is 0 Å². The van der Waals surface area contributed by atoms with Crippen molar-refractivity contribution < 1.29 is 0 Å². The molecule has 12 heavy (non-hydrogen) atoms. The summed E-state index contributed by atoms with van der Waals surface area (Å²) < 4.78 is 0. The molecule has 1 aromatic carbocycles. The molecule has 1 nitrogen and oxygen atoms in total. The van der Waals surface area contributed by atoms with Gasteiger partial charge in [0.1, 0.15) is 0 Å². The molecule has 0 unspecified atom stereocenters. The molecule has 0 bridgehead atoms. The summed E-state index contributed by atoms with van der Waals surface area (Å²) in [6.45, 7) is 4.14. The van der Waals surface area contributed by atoms with Crippen LogP contribution in [-0.4, -0.2) is 7.05 Å². The first-order chi connectivity index (χ1) is 5.56. The summed E-state index contributed by atoms with van der Waals surface area (Å²) >= 11 is 5.87. The molecule has 66 valence electrons. The molecule has 0 fully saturated rings. The third kappa shape index (κ3) is 1.99. The zero-order chi connectivity index (χ0) is 9.19. The lowest BCUT2D eigenvalue weighted by atomic mass is 9.95. The van der Waals surface area contributed by atoms with Crippen molar-refractivity contribution in [3.8, 4) is 0 Å². The number of benzene rings is 1. The van der Waals surface area contributed by atoms with E-state index in [1.54, 1.807) is 0 Å². The Morgan fingerprint density at radius 3 is 2.50 bits per heavy atom. The molecule has 1 rings (SSSR count). The smallest absolute Gasteiger partial charge is 0.0408 e. The Bertz CT molecular complexity index is 268. The number of hydrogen-bond acceptors (Lipinski definition) is 0. The van der Waals surface area contributed by atoms with Gasteiger partial charge in [0.2, 0.25) is 0 Å². The monoisotopic (exact) mass is 182 g/mol. The summed E-state index contributed by atoms with van der Waals surface area (Å²) in [6, 6.07) is 7.81. The van der Waals surface area contributed by atoms with Gasteiger partial charge in [0.15, 0.2) is 0 Å². The van der Waals surface area contributed by atoms with Crippen LogP contribution in [0.5, 0.6) is 0 Å². The molecule has 0 radical (unpaired) electrons. The molecule has 0 atom stereocenters. The molecule has 0 N–H and O–H groups in total. The van der Waals surface area contributed by atoms with Gasteiger partial charge in [-0.3, -0.25) is 0 Å². The Kier molecular flexibility index (Phi) is 2.76. The van der Waals surface area contributed by atoms with Crippen molar-refractivity contribution in [2.75, 3.05) is 7.05 Å². The molecule has 0 amide bonds. The molecule has 0 aliphatic rings. The van der Waals surface area contributed by atoms with Crippen LogP contribution in [-0.2, 0) is 5.54 Å². The first kappa shape index (κ1) is 9.56. The van der Waals surface area contributed by atoms with Gasteiger partial charge in [0.25, 0.3) is 0 Å². The van der Waals surface area contributed by atoms with E-state index in [4.69, 9.17) is 11.6 Å². The van der Waals surface area contributed by atoms with Gasteiger partial charge in [0.05, 0.1) is 0 Å². The maximum Gasteiger partial charge on any atom is 0.0408 e. The van der Waals surface area contributed by atoms with Crippen LogP contribution in [0, 0.1) is 0 Å². The third-order valence-corrected chi connectivity index (χ3v) is 2.33. The van der Waals surface area contributed by atoms with Crippen LogP contribution in [0.25, 0.3) is 5.32 Å². The maximum absolute atomic E-state index is 5.87. The van der Waals surface area contributed by atoms with E-state index in [1.807, 2.05) is 31.3 Å². The second-order valence-electron chi connectivity index (χ2n) is 3.29. The molecule has 2 heteroatoms. The maximum atomic E-state index is 5.87. The SMILES string of the molecule is C[N-]C(C)(C)c1cccc(Cl)c1. The molecule has 0 heterocycles. The lowest BCUT2D eigenvalue weighted by Crippen LogP contribution is -2.14. The standard InChI is InChI=1S/C10H13ClN/c1-10(2,12-3)8-5-4-6-9(11)7-8/h4-7H,1-3H3/q-1. The van der Waals surface area contributed by atoms with Gasteiger partial charge in [-0.2, -0.15) is 7.05 Å². The highest BCUT2D eigenvalue weighted by Crippen LogP contribution is 2.28. The zero-order valence-corrected chi connectivity index (χ0v) is 8.39. The molecule has 1 aromatic rings. The highest BCUT2D eigenvalue weighted by Gasteiger charge is 2.07. The minimum Gasteiger partial charge on any atom is -0.656 e. The van der Waals surface area contributed by atoms with Crippen LogP contribution in [0.15, 0.2) is 24.3 Å². The number of hydrogen-bond donors (Lipinski definition) is 0. The normalized spacial score (nSPS) is 11.7. The first-order valence-corrected chi connectivity index (χ1v) is 4.31. The van der Waals surface area contributed by atoms with E-state index in [0.717, 1.165) is 10.6 Å². The Balaban J connectivity index is 3.03. The van der Waals surface area contributed by atoms with Gasteiger partial charge in [-0.15, -0.1) is 5.54 Å². The third-order valence-electron chi connectivity index (χ3n) is 2.09. The Labute approximate surface area is 78.7 Å². The van der Waals surface area contributed by atoms with E-state index in [0.29, 0.717) is 0 Å². The van der Waals surface area contributed by atoms with Gasteiger partial charge >= 0.3 is 0 Å². The molecule has 0 saturated heterocycles. The molecule has 0 spiro atoms. The fourth-order valence-corrected chi connectivity index (χ4v) is 1.19. The number of nitrogens with zero attached hydrogens (tertiary/aromatic N) is 1. The van der Waals surface area contributed by atoms with Crippen LogP contribution in [0.2, 0.25) is 5.02 Å². The molecule has 0 aromatic heterocycles. The predicted octanol–water partition coefficient (Wildman–Crippen LogP) is 3.58. The van der Waals surface area contributed by atoms with Crippen LogP contribution in [0.4, 0.5) is 0 Å². The molecular formula is C10H13ClN-. The average molecular weight is 183 g/mol. The zero-order valence-electron chi connectivity index (χ0n) is 7.63. The van der Waals surface area contributed by atoms with Crippen molar-refractivity contribution in [3.63, 3.8) is 0 Å². The van der Waals surface area contributed by atoms with Gasteiger partial charge < -0.3 is 5.32 Å². The van der Waals surface area contributed by atoms with E-state index in [-0.39, 0.29) is 5.54 Å². The van der Waals surface area contributed by atoms with Gasteiger partial charge in [-0.25, -0.2) is 0 Å². The highest BCUT2D eigenvalue weighted by atomic mass is 35.5. The highest BCUT2D eigenvalue weighted by molar-refractivity contribution is 6.30. The van der Waals surface area contributed by atoms with Crippen molar-refractivity contribution >= 4 is 11.6 Å². The summed E-state index contributed by atoms with van der Waals surface area (Å²) in [5.41, 5.74) is 1.02. The summed E-state index contributed by atoms with van der Waals surface area (Å²) in [4.78, 5) is 0. The predicted molar refractivity (Wildman–Crippen MR) is 53.8 cm³/mol. The van der Waals surface area contributed by atoms with Crippen LogP contribution >= 0.6 is 11.6 Å². The summed E-state index contributed by atoms with van der Waals surface area (Å²) in [6.07, 6.45) is 0. The van der Waals surface area contributed by atoms with Crippen LogP contribution < -0.4 is 0 Å². The van der Waals surface area contributed by atoms with Crippen LogP contribution in [0.1, 0.15) is 19.4 Å². The lowest BCUT2D eigenvalue weighted by Gasteiger charge is -2.38. The van der Waals surface area contributed by atoms with E-state index < -0.39 is 0 Å². The summed E-state index contributed by atoms with van der Waals surface area (Å²) in [7, 11) is 1.82. The fraction of sp³-hybridized carbons (Fsp3) is 0.400. The Morgan fingerprint density at radius 2 is 2.00 bits per heavy atom. The minimum absolute atomic E-state index is 0.134. The van der Waals surface area contributed by atoms with Crippen molar-refractivity contribution in [2.45, 2.75) is 19.4 Å². The van der Waals surface area contributed by atoms with Crippen LogP contribution in [0.3, 0.4) is 0 Å². The summed E-state index contributed by atoms with van der Waals surface area (Å²) in [5.74, 6) is 0. The van der Waals surface area contributed by atoms with Crippen molar-refractivity contribution in [1.82, 2.24) is 0 Å². The topological polar surface area (TPSA) is 14.1 Å². The fourth-order valence-electron chi connectivity index (χ4n) is 0.998. The second kappa shape index (κ2) is 3.46. The van der Waals surface area contributed by atoms with Crippen molar-refractivity contribution in [1.29, 1.82) is 0 Å².